The van der Waals surface area contributed by atoms with Crippen molar-refractivity contribution in [2.24, 2.45) is 0 Å². The Morgan fingerprint density at radius 1 is 0.964 bits per heavy atom. The van der Waals surface area contributed by atoms with Gasteiger partial charge in [-0.05, 0) is 29.8 Å². The molecule has 0 unspecified atom stereocenters. The van der Waals surface area contributed by atoms with Crippen molar-refractivity contribution in [3.8, 4) is 11.5 Å². The molecule has 3 rings (SSSR count). The minimum absolute atomic E-state index is 0.126. The molecule has 4 nitrogen and oxygen atoms in total. The van der Waals surface area contributed by atoms with Crippen molar-refractivity contribution in [1.82, 2.24) is 5.32 Å². The van der Waals surface area contributed by atoms with Gasteiger partial charge in [-0.2, -0.15) is 18.5 Å². The average molecular weight is 475 g/mol. The van der Waals surface area contributed by atoms with Gasteiger partial charge in [-0.1, -0.05) is 70.7 Å². The highest BCUT2D eigenvalue weighted by Crippen LogP contribution is 2.48. The zero-order chi connectivity index (χ0) is 20.6. The second kappa shape index (κ2) is 7.71. The van der Waals surface area contributed by atoms with E-state index in [0.717, 1.165) is 0 Å². The Hall–Kier alpha value is -1.54. The number of ether oxygens (including phenoxy) is 2. The summed E-state index contributed by atoms with van der Waals surface area (Å²) < 4.78 is 49.3. The smallest absolute Gasteiger partial charge is 0.411 e. The van der Waals surface area contributed by atoms with Gasteiger partial charge in [0.15, 0.2) is 11.5 Å². The van der Waals surface area contributed by atoms with E-state index in [4.69, 9.17) is 55.9 Å². The number of fused-ring (bicyclic) bond motifs is 1. The first-order chi connectivity index (χ1) is 13.0. The largest absolute Gasteiger partial charge is 0.494 e. The third kappa shape index (κ3) is 4.54. The monoisotopic (exact) mass is 473 g/mol. The van der Waals surface area contributed by atoms with Crippen molar-refractivity contribution in [3.63, 3.8) is 0 Å². The molecule has 0 aromatic heterocycles. The Morgan fingerprint density at radius 2 is 1.50 bits per heavy atom. The number of hydrogen-bond donors (Lipinski definition) is 2. The molecule has 1 heterocycles. The first-order valence-corrected chi connectivity index (χ1v) is 9.26. The van der Waals surface area contributed by atoms with Gasteiger partial charge < -0.3 is 9.47 Å². The fourth-order valence-electron chi connectivity index (χ4n) is 2.36. The molecule has 28 heavy (non-hydrogen) atoms. The number of hydrogen-bond acceptors (Lipinski definition) is 2. The first-order valence-electron chi connectivity index (χ1n) is 7.75. The lowest BCUT2D eigenvalue weighted by molar-refractivity contribution is -0.488. The van der Waals surface area contributed by atoms with Crippen LogP contribution in [0.4, 0.5) is 13.2 Å². The molecule has 2 aromatic rings. The predicted molar refractivity (Wildman–Crippen MR) is 101 cm³/mol. The van der Waals surface area contributed by atoms with Crippen molar-refractivity contribution < 1.29 is 27.6 Å². The maximum Gasteiger partial charge on any atom is 0.494 e. The highest BCUT2D eigenvalue weighted by molar-refractivity contribution is 6.68. The van der Waals surface area contributed by atoms with Crippen LogP contribution in [-0.4, -0.2) is 21.7 Å². The molecule has 150 valence electrons. The van der Waals surface area contributed by atoms with E-state index < -0.39 is 21.7 Å². The molecule has 2 N–H and O–H groups in total. The molecular weight excluding hydrogens is 463 g/mol. The summed E-state index contributed by atoms with van der Waals surface area (Å²) >= 11 is 23.5. The second-order valence-electron chi connectivity index (χ2n) is 5.74. The summed E-state index contributed by atoms with van der Waals surface area (Å²) in [6.45, 7) is -0.179. The molecule has 0 spiro atoms. The maximum absolute atomic E-state index is 13.6. The van der Waals surface area contributed by atoms with Gasteiger partial charge in [0, 0.05) is 5.02 Å². The third-order valence-electron chi connectivity index (χ3n) is 3.69. The minimum Gasteiger partial charge on any atom is -0.411 e. The van der Waals surface area contributed by atoms with E-state index >= 15 is 0 Å². The van der Waals surface area contributed by atoms with Crippen LogP contribution in [0.25, 0.3) is 0 Å². The van der Waals surface area contributed by atoms with E-state index in [0.29, 0.717) is 10.6 Å². The lowest BCUT2D eigenvalue weighted by Crippen LogP contribution is -2.82. The first kappa shape index (κ1) is 21.2. The van der Waals surface area contributed by atoms with Gasteiger partial charge in [0.1, 0.15) is 6.54 Å². The molecule has 0 amide bonds. The lowest BCUT2D eigenvalue weighted by atomic mass is 10.2. The summed E-state index contributed by atoms with van der Waals surface area (Å²) in [6, 6.07) is 12.4. The highest BCUT2D eigenvalue weighted by Gasteiger charge is 2.65. The van der Waals surface area contributed by atoms with Crippen molar-refractivity contribution in [3.05, 3.63) is 59.1 Å². The van der Waals surface area contributed by atoms with Gasteiger partial charge in [0.25, 0.3) is 0 Å². The summed E-state index contributed by atoms with van der Waals surface area (Å²) in [5, 5.41) is 2.51. The van der Waals surface area contributed by atoms with E-state index in [1.54, 1.807) is 36.4 Å². The zero-order valence-corrected chi connectivity index (χ0v) is 16.8. The van der Waals surface area contributed by atoms with Crippen LogP contribution in [0, 0.1) is 0 Å². The molecule has 0 aliphatic carbocycles. The summed E-state index contributed by atoms with van der Waals surface area (Å²) in [5.41, 5.74) is 0.549. The van der Waals surface area contributed by atoms with Crippen LogP contribution in [-0.2, 0) is 6.54 Å². The van der Waals surface area contributed by atoms with Crippen LogP contribution < -0.4 is 19.8 Å². The van der Waals surface area contributed by atoms with Crippen LogP contribution >= 0.6 is 46.4 Å². The molecule has 0 fully saturated rings. The summed E-state index contributed by atoms with van der Waals surface area (Å²) in [7, 11) is 0. The van der Waals surface area contributed by atoms with Gasteiger partial charge >= 0.3 is 21.7 Å². The lowest BCUT2D eigenvalue weighted by Gasteiger charge is -2.30. The average Bonchev–Trinajstić information content (AvgIpc) is 2.98. The molecule has 0 radical (unpaired) electrons. The zero-order valence-electron chi connectivity index (χ0n) is 13.8. The van der Waals surface area contributed by atoms with Crippen LogP contribution in [0.2, 0.25) is 5.02 Å². The van der Waals surface area contributed by atoms with Gasteiger partial charge in [-0.15, -0.1) is 0 Å². The van der Waals surface area contributed by atoms with E-state index in [2.05, 4.69) is 10.3 Å². The standard InChI is InChI=1S/C17H11Cl4F3N2O2/c18-11-7-5-10(6-8-11)9-25-14(15(22,23)24)26-17(16(19,20)21)27-12-3-1-2-4-13(12)28-17/h1-8H,9H2,(H,25,26)/p+1. The van der Waals surface area contributed by atoms with Crippen LogP contribution in [0.3, 0.4) is 0 Å². The van der Waals surface area contributed by atoms with Gasteiger partial charge in [-0.25, -0.2) is 0 Å². The Kier molecular flexibility index (Phi) is 5.83. The Balaban J connectivity index is 1.92. The Labute approximate surface area is 178 Å². The van der Waals surface area contributed by atoms with Crippen molar-refractivity contribution in [1.29, 1.82) is 0 Å². The number of nitrogens with one attached hydrogen (secondary N) is 2. The normalized spacial score (nSPS) is 16.2. The number of halogens is 7. The van der Waals surface area contributed by atoms with E-state index in [-0.39, 0.29) is 18.0 Å². The van der Waals surface area contributed by atoms with Crippen LogP contribution in [0.15, 0.2) is 48.5 Å². The number of para-hydroxylation sites is 2. The number of rotatable bonds is 3. The molecule has 0 atom stereocenters. The third-order valence-corrected chi connectivity index (χ3v) is 4.68. The number of alkyl halides is 6. The van der Waals surface area contributed by atoms with E-state index in [1.165, 1.54) is 12.1 Å². The molecule has 11 heteroatoms. The van der Waals surface area contributed by atoms with Gasteiger partial charge in [0.2, 0.25) is 0 Å². The van der Waals surface area contributed by atoms with Crippen molar-refractivity contribution >= 4 is 52.2 Å². The van der Waals surface area contributed by atoms with Crippen molar-refractivity contribution in [2.45, 2.75) is 22.4 Å². The topological polar surface area (TPSA) is 44.5 Å². The number of amidine groups is 1. The Morgan fingerprint density at radius 3 is 1.96 bits per heavy atom. The number of benzene rings is 2. The Bertz CT molecular complexity index is 858. The summed E-state index contributed by atoms with van der Waals surface area (Å²) in [6.07, 6.45) is -4.84. The summed E-state index contributed by atoms with van der Waals surface area (Å²) in [4.78, 5) is 2.25. The predicted octanol–water partition coefficient (Wildman–Crippen LogP) is 3.97. The summed E-state index contributed by atoms with van der Waals surface area (Å²) in [5.74, 6) is -3.48. The maximum atomic E-state index is 13.6. The quantitative estimate of drug-likeness (QED) is 0.402. The highest BCUT2D eigenvalue weighted by atomic mass is 35.6. The van der Waals surface area contributed by atoms with Gasteiger partial charge in [-0.3, -0.25) is 4.99 Å². The fourth-order valence-corrected chi connectivity index (χ4v) is 2.86. The SMILES string of the molecule is FC(F)(F)C(NC1(C(Cl)(Cl)Cl)Oc2ccccc2O1)=[NH+]Cc1ccc(Cl)cc1. The van der Waals surface area contributed by atoms with Crippen LogP contribution in [0.5, 0.6) is 11.5 Å². The van der Waals surface area contributed by atoms with Gasteiger partial charge in [0.05, 0.1) is 0 Å². The molecular formula is C17H12Cl4F3N2O2+. The molecule has 0 saturated heterocycles. The molecule has 0 bridgehead atoms. The van der Waals surface area contributed by atoms with Crippen molar-refractivity contribution in [2.75, 3.05) is 0 Å². The fraction of sp³-hybridized carbons (Fsp3) is 0.235. The second-order valence-corrected chi connectivity index (χ2v) is 8.46. The molecule has 1 aliphatic rings. The molecule has 1 aliphatic heterocycles. The molecule has 0 saturated carbocycles. The van der Waals surface area contributed by atoms with E-state index in [9.17, 15) is 13.2 Å². The van der Waals surface area contributed by atoms with E-state index in [1.807, 2.05) is 0 Å². The molecule has 2 aromatic carbocycles. The minimum atomic E-state index is -4.84. The van der Waals surface area contributed by atoms with Crippen LogP contribution in [0.1, 0.15) is 5.56 Å².